The van der Waals surface area contributed by atoms with Gasteiger partial charge in [0.15, 0.2) is 0 Å². The molecular formula is C16H33NO2. The molecule has 1 unspecified atom stereocenters. The lowest BCUT2D eigenvalue weighted by molar-refractivity contribution is -0.0279. The minimum atomic E-state index is -0.367. The summed E-state index contributed by atoms with van der Waals surface area (Å²) in [4.78, 5) is 0. The Balaban J connectivity index is 2.03. The lowest BCUT2D eigenvalue weighted by atomic mass is 9.89. The summed E-state index contributed by atoms with van der Waals surface area (Å²) in [5, 5.41) is 13.3. The molecule has 1 atom stereocenters. The van der Waals surface area contributed by atoms with E-state index in [4.69, 9.17) is 4.74 Å². The van der Waals surface area contributed by atoms with Crippen molar-refractivity contribution in [2.45, 2.75) is 71.5 Å². The Labute approximate surface area is 119 Å². The molecule has 0 aromatic rings. The number of ether oxygens (including phenoxy) is 1. The summed E-state index contributed by atoms with van der Waals surface area (Å²) in [5.41, 5.74) is 0. The Morgan fingerprint density at radius 1 is 1.11 bits per heavy atom. The van der Waals surface area contributed by atoms with Crippen molar-refractivity contribution in [3.63, 3.8) is 0 Å². The van der Waals surface area contributed by atoms with Crippen molar-refractivity contribution < 1.29 is 9.84 Å². The Hall–Kier alpha value is -0.120. The number of hydrogen-bond donors (Lipinski definition) is 2. The van der Waals surface area contributed by atoms with Crippen molar-refractivity contribution in [3.8, 4) is 0 Å². The molecule has 0 aromatic heterocycles. The van der Waals surface area contributed by atoms with Crippen LogP contribution in [0.5, 0.6) is 0 Å². The second-order valence-corrected chi connectivity index (χ2v) is 6.21. The van der Waals surface area contributed by atoms with E-state index in [9.17, 15) is 5.11 Å². The van der Waals surface area contributed by atoms with Crippen LogP contribution in [0.4, 0.5) is 0 Å². The van der Waals surface area contributed by atoms with Gasteiger partial charge < -0.3 is 15.2 Å². The van der Waals surface area contributed by atoms with E-state index in [1.54, 1.807) is 0 Å². The fourth-order valence-corrected chi connectivity index (χ4v) is 2.73. The predicted octanol–water partition coefficient (Wildman–Crippen LogP) is 2.97. The van der Waals surface area contributed by atoms with Gasteiger partial charge in [-0.3, -0.25) is 0 Å². The highest BCUT2D eigenvalue weighted by Gasteiger charge is 2.19. The summed E-state index contributed by atoms with van der Waals surface area (Å²) in [6, 6.07) is 0. The maximum absolute atomic E-state index is 9.90. The molecule has 1 rings (SSSR count). The molecule has 0 radical (unpaired) electrons. The van der Waals surface area contributed by atoms with Gasteiger partial charge >= 0.3 is 0 Å². The number of nitrogens with one attached hydrogen (secondary N) is 1. The summed E-state index contributed by atoms with van der Waals surface area (Å²) in [6.45, 7) is 8.89. The van der Waals surface area contributed by atoms with Crippen LogP contribution >= 0.6 is 0 Å². The zero-order valence-corrected chi connectivity index (χ0v) is 13.0. The van der Waals surface area contributed by atoms with Crippen molar-refractivity contribution in [1.29, 1.82) is 0 Å². The van der Waals surface area contributed by atoms with Gasteiger partial charge in [0.2, 0.25) is 0 Å². The minimum Gasteiger partial charge on any atom is -0.389 e. The molecule has 0 aromatic carbocycles. The highest BCUT2D eigenvalue weighted by Crippen LogP contribution is 2.25. The molecule has 1 saturated carbocycles. The van der Waals surface area contributed by atoms with Gasteiger partial charge in [0, 0.05) is 6.54 Å². The number of aliphatic hydroxyl groups excluding tert-OH is 1. The maximum atomic E-state index is 9.90. The molecule has 0 amide bonds. The fourth-order valence-electron chi connectivity index (χ4n) is 2.73. The molecule has 1 aliphatic rings. The van der Waals surface area contributed by atoms with E-state index in [0.29, 0.717) is 19.3 Å². The first-order valence-electron chi connectivity index (χ1n) is 8.16. The van der Waals surface area contributed by atoms with Gasteiger partial charge in [-0.15, -0.1) is 0 Å². The molecule has 2 N–H and O–H groups in total. The van der Waals surface area contributed by atoms with E-state index in [2.05, 4.69) is 26.1 Å². The van der Waals surface area contributed by atoms with Crippen LogP contribution in [0.3, 0.4) is 0 Å². The summed E-state index contributed by atoms with van der Waals surface area (Å²) in [7, 11) is 0. The quantitative estimate of drug-likeness (QED) is 0.677. The van der Waals surface area contributed by atoms with Crippen LogP contribution in [0.15, 0.2) is 0 Å². The Kier molecular flexibility index (Phi) is 8.67. The zero-order valence-electron chi connectivity index (χ0n) is 13.0. The largest absolute Gasteiger partial charge is 0.389 e. The predicted molar refractivity (Wildman–Crippen MR) is 80.3 cm³/mol. The average molecular weight is 271 g/mol. The minimum absolute atomic E-state index is 0.367. The monoisotopic (exact) mass is 271 g/mol. The van der Waals surface area contributed by atoms with Crippen LogP contribution in [0.2, 0.25) is 0 Å². The smallest absolute Gasteiger partial charge is 0.0897 e. The first-order valence-corrected chi connectivity index (χ1v) is 8.16. The highest BCUT2D eigenvalue weighted by molar-refractivity contribution is 4.71. The second-order valence-electron chi connectivity index (χ2n) is 6.21. The SMILES string of the molecule is CCC(CC)CNCC(O)COC1CCC(C)CC1. The van der Waals surface area contributed by atoms with Gasteiger partial charge in [-0.2, -0.15) is 0 Å². The first kappa shape index (κ1) is 16.9. The highest BCUT2D eigenvalue weighted by atomic mass is 16.5. The number of hydrogen-bond acceptors (Lipinski definition) is 3. The third kappa shape index (κ3) is 7.28. The molecule has 0 spiro atoms. The zero-order chi connectivity index (χ0) is 14.1. The number of rotatable bonds is 9. The molecule has 114 valence electrons. The molecule has 0 saturated heterocycles. The van der Waals surface area contributed by atoms with Crippen molar-refractivity contribution in [2.24, 2.45) is 11.8 Å². The van der Waals surface area contributed by atoms with E-state index in [0.717, 1.165) is 31.2 Å². The first-order chi connectivity index (χ1) is 9.15. The summed E-state index contributed by atoms with van der Waals surface area (Å²) >= 11 is 0. The molecule has 0 bridgehead atoms. The normalized spacial score (nSPS) is 25.7. The number of aliphatic hydroxyl groups is 1. The van der Waals surface area contributed by atoms with Crippen LogP contribution in [0.25, 0.3) is 0 Å². The van der Waals surface area contributed by atoms with Gasteiger partial charge in [-0.05, 0) is 44.1 Å². The molecule has 1 fully saturated rings. The average Bonchev–Trinajstić information content (AvgIpc) is 2.43. The van der Waals surface area contributed by atoms with E-state index in [1.165, 1.54) is 25.7 Å². The summed E-state index contributed by atoms with van der Waals surface area (Å²) < 4.78 is 5.81. The van der Waals surface area contributed by atoms with Crippen LogP contribution < -0.4 is 5.32 Å². The van der Waals surface area contributed by atoms with Gasteiger partial charge in [0.1, 0.15) is 0 Å². The summed E-state index contributed by atoms with van der Waals surface area (Å²) in [6.07, 6.45) is 7.29. The fraction of sp³-hybridized carbons (Fsp3) is 1.00. The van der Waals surface area contributed by atoms with Crippen molar-refractivity contribution in [2.75, 3.05) is 19.7 Å². The van der Waals surface area contributed by atoms with Gasteiger partial charge in [-0.1, -0.05) is 33.6 Å². The van der Waals surface area contributed by atoms with Crippen LogP contribution in [0, 0.1) is 11.8 Å². The molecule has 3 nitrogen and oxygen atoms in total. The summed E-state index contributed by atoms with van der Waals surface area (Å²) in [5.74, 6) is 1.58. The van der Waals surface area contributed by atoms with Crippen molar-refractivity contribution in [1.82, 2.24) is 5.32 Å². The van der Waals surface area contributed by atoms with E-state index in [1.807, 2.05) is 0 Å². The molecule has 0 heterocycles. The van der Waals surface area contributed by atoms with E-state index in [-0.39, 0.29) is 6.10 Å². The Bertz CT molecular complexity index is 211. The Morgan fingerprint density at radius 3 is 2.32 bits per heavy atom. The van der Waals surface area contributed by atoms with Gasteiger partial charge in [0.25, 0.3) is 0 Å². The Morgan fingerprint density at radius 2 is 1.74 bits per heavy atom. The lowest BCUT2D eigenvalue weighted by Gasteiger charge is -2.27. The topological polar surface area (TPSA) is 41.5 Å². The molecule has 1 aliphatic carbocycles. The molecular weight excluding hydrogens is 238 g/mol. The van der Waals surface area contributed by atoms with Crippen LogP contribution in [-0.2, 0) is 4.74 Å². The lowest BCUT2D eigenvalue weighted by Crippen LogP contribution is -2.35. The van der Waals surface area contributed by atoms with E-state index < -0.39 is 0 Å². The third-order valence-corrected chi connectivity index (χ3v) is 4.45. The van der Waals surface area contributed by atoms with Crippen LogP contribution in [0.1, 0.15) is 59.3 Å². The second kappa shape index (κ2) is 9.73. The van der Waals surface area contributed by atoms with Crippen molar-refractivity contribution >= 4 is 0 Å². The van der Waals surface area contributed by atoms with Crippen molar-refractivity contribution in [3.05, 3.63) is 0 Å². The molecule has 19 heavy (non-hydrogen) atoms. The standard InChI is InChI=1S/C16H33NO2/c1-4-14(5-2)10-17-11-15(18)12-19-16-8-6-13(3)7-9-16/h13-18H,4-12H2,1-3H3. The maximum Gasteiger partial charge on any atom is 0.0897 e. The van der Waals surface area contributed by atoms with Crippen LogP contribution in [-0.4, -0.2) is 37.0 Å². The van der Waals surface area contributed by atoms with Gasteiger partial charge in [-0.25, -0.2) is 0 Å². The van der Waals surface area contributed by atoms with E-state index >= 15 is 0 Å². The van der Waals surface area contributed by atoms with Gasteiger partial charge in [0.05, 0.1) is 18.8 Å². The third-order valence-electron chi connectivity index (χ3n) is 4.45. The molecule has 0 aliphatic heterocycles. The molecule has 3 heteroatoms.